The van der Waals surface area contributed by atoms with Gasteiger partial charge in [-0.3, -0.25) is 9.30 Å². The molecule has 3 aliphatic rings. The minimum Gasteiger partial charge on any atom is -0.490 e. The van der Waals surface area contributed by atoms with Gasteiger partial charge in [0.15, 0.2) is 11.5 Å². The van der Waals surface area contributed by atoms with Crippen LogP contribution in [-0.2, 0) is 21.3 Å². The first-order chi connectivity index (χ1) is 16.7. The number of ether oxygens (including phenoxy) is 1. The standard InChI is InChI=1S/C24H27Cl2N5O3S/c25-17-10-18(26)12-20(11-17)34-19-3-7-30(8-4-19)13-16-9-22-28-29-23(24(5-6-24)35(27,32)33)31(22)14-21(16)15-1-2-15/h9-12,14-15,19H,1-8,13H2,(H2,27,32,33). The van der Waals surface area contributed by atoms with Crippen LogP contribution in [0.4, 0.5) is 0 Å². The lowest BCUT2D eigenvalue weighted by molar-refractivity contribution is 0.0967. The van der Waals surface area contributed by atoms with Crippen molar-refractivity contribution in [3.63, 3.8) is 0 Å². The van der Waals surface area contributed by atoms with Gasteiger partial charge in [-0.15, -0.1) is 10.2 Å². The Balaban J connectivity index is 1.19. The Kier molecular flexibility index (Phi) is 5.76. The van der Waals surface area contributed by atoms with Crippen LogP contribution in [0.2, 0.25) is 10.0 Å². The molecule has 2 aliphatic carbocycles. The predicted octanol–water partition coefficient (Wildman–Crippen LogP) is 4.23. The number of nitrogens with two attached hydrogens (primary N) is 1. The largest absolute Gasteiger partial charge is 0.490 e. The molecule has 3 fully saturated rings. The van der Waals surface area contributed by atoms with Crippen molar-refractivity contribution in [2.45, 2.75) is 61.8 Å². The lowest BCUT2D eigenvalue weighted by atomic mass is 10.0. The molecule has 0 radical (unpaired) electrons. The van der Waals surface area contributed by atoms with Gasteiger partial charge >= 0.3 is 0 Å². The van der Waals surface area contributed by atoms with E-state index in [9.17, 15) is 8.42 Å². The summed E-state index contributed by atoms with van der Waals surface area (Å²) in [7, 11) is -3.75. The molecule has 8 nitrogen and oxygen atoms in total. The van der Waals surface area contributed by atoms with E-state index in [0.717, 1.165) is 45.3 Å². The molecule has 3 heterocycles. The molecule has 1 aliphatic heterocycles. The second-order valence-corrected chi connectivity index (χ2v) is 12.8. The van der Waals surface area contributed by atoms with Gasteiger partial charge in [-0.25, -0.2) is 13.6 Å². The van der Waals surface area contributed by atoms with Crippen molar-refractivity contribution in [3.8, 4) is 5.75 Å². The Bertz CT molecular complexity index is 1370. The average Bonchev–Trinajstić information content (AvgIpc) is 3.71. The summed E-state index contributed by atoms with van der Waals surface area (Å²) in [5.41, 5.74) is 3.17. The van der Waals surface area contributed by atoms with Crippen LogP contribution in [0, 0.1) is 0 Å². The van der Waals surface area contributed by atoms with E-state index >= 15 is 0 Å². The molecular weight excluding hydrogens is 509 g/mol. The normalized spacial score (nSPS) is 20.9. The topological polar surface area (TPSA) is 103 Å². The first-order valence-electron chi connectivity index (χ1n) is 12.0. The fourth-order valence-electron chi connectivity index (χ4n) is 5.16. The Morgan fingerprint density at radius 2 is 1.71 bits per heavy atom. The number of pyridine rings is 1. The molecule has 1 aromatic carbocycles. The van der Waals surface area contributed by atoms with Crippen LogP contribution in [0.5, 0.6) is 5.75 Å². The molecule has 0 spiro atoms. The van der Waals surface area contributed by atoms with Crippen LogP contribution in [0.1, 0.15) is 61.4 Å². The van der Waals surface area contributed by atoms with Crippen molar-refractivity contribution in [2.75, 3.05) is 13.1 Å². The average molecular weight is 536 g/mol. The lowest BCUT2D eigenvalue weighted by Crippen LogP contribution is -2.38. The Morgan fingerprint density at radius 1 is 1.03 bits per heavy atom. The van der Waals surface area contributed by atoms with Crippen molar-refractivity contribution in [2.24, 2.45) is 5.14 Å². The number of likely N-dealkylation sites (tertiary alicyclic amines) is 1. The summed E-state index contributed by atoms with van der Waals surface area (Å²) in [6.07, 6.45) is 7.29. The van der Waals surface area contributed by atoms with E-state index in [4.69, 9.17) is 33.1 Å². The molecule has 0 amide bonds. The van der Waals surface area contributed by atoms with Gasteiger partial charge in [0, 0.05) is 35.9 Å². The molecule has 35 heavy (non-hydrogen) atoms. The first-order valence-corrected chi connectivity index (χ1v) is 14.3. The quantitative estimate of drug-likeness (QED) is 0.485. The summed E-state index contributed by atoms with van der Waals surface area (Å²) < 4.78 is 31.4. The number of piperidine rings is 1. The third-order valence-electron chi connectivity index (χ3n) is 7.41. The molecule has 2 N–H and O–H groups in total. The van der Waals surface area contributed by atoms with Gasteiger partial charge in [0.1, 0.15) is 16.6 Å². The summed E-state index contributed by atoms with van der Waals surface area (Å²) in [5.74, 6) is 1.66. The second-order valence-electron chi connectivity index (χ2n) is 10.0. The number of sulfonamides is 1. The molecular formula is C24H27Cl2N5O3S. The maximum Gasteiger partial charge on any atom is 0.222 e. The number of rotatable bonds is 7. The summed E-state index contributed by atoms with van der Waals surface area (Å²) in [6, 6.07) is 7.36. The van der Waals surface area contributed by atoms with Crippen LogP contribution in [-0.4, -0.2) is 47.1 Å². The molecule has 3 aromatic rings. The molecule has 6 rings (SSSR count). The maximum absolute atomic E-state index is 12.3. The van der Waals surface area contributed by atoms with E-state index in [-0.39, 0.29) is 6.10 Å². The zero-order valence-electron chi connectivity index (χ0n) is 19.2. The zero-order valence-corrected chi connectivity index (χ0v) is 21.5. The predicted molar refractivity (Wildman–Crippen MR) is 134 cm³/mol. The molecule has 11 heteroatoms. The van der Waals surface area contributed by atoms with Crippen molar-refractivity contribution in [1.29, 1.82) is 0 Å². The number of benzene rings is 1. The number of primary sulfonamides is 1. The third-order valence-corrected chi connectivity index (χ3v) is 9.52. The van der Waals surface area contributed by atoms with Crippen molar-refractivity contribution in [1.82, 2.24) is 19.5 Å². The molecule has 0 unspecified atom stereocenters. The minimum absolute atomic E-state index is 0.123. The highest BCUT2D eigenvalue weighted by Gasteiger charge is 2.58. The van der Waals surface area contributed by atoms with Crippen LogP contribution in [0.25, 0.3) is 5.65 Å². The van der Waals surface area contributed by atoms with E-state index in [1.54, 1.807) is 18.2 Å². The SMILES string of the molecule is NS(=O)(=O)C1(c2nnc3cc(CN4CCC(Oc5cc(Cl)cc(Cl)c5)CC4)c(C4CC4)cn23)CC1. The van der Waals surface area contributed by atoms with Crippen molar-refractivity contribution < 1.29 is 13.2 Å². The molecule has 0 atom stereocenters. The van der Waals surface area contributed by atoms with Crippen LogP contribution in [0.15, 0.2) is 30.5 Å². The number of hydrogen-bond donors (Lipinski definition) is 1. The maximum atomic E-state index is 12.3. The van der Waals surface area contributed by atoms with E-state index in [2.05, 4.69) is 27.4 Å². The monoisotopic (exact) mass is 535 g/mol. The highest BCUT2D eigenvalue weighted by molar-refractivity contribution is 7.90. The van der Waals surface area contributed by atoms with Crippen LogP contribution < -0.4 is 9.88 Å². The summed E-state index contributed by atoms with van der Waals surface area (Å²) in [6.45, 7) is 2.65. The van der Waals surface area contributed by atoms with E-state index < -0.39 is 14.8 Å². The van der Waals surface area contributed by atoms with E-state index in [0.29, 0.717) is 46.0 Å². The molecule has 2 saturated carbocycles. The number of hydrogen-bond acceptors (Lipinski definition) is 6. The van der Waals surface area contributed by atoms with Gasteiger partial charge in [0.05, 0.1) is 0 Å². The molecule has 0 bridgehead atoms. The fraction of sp³-hybridized carbons (Fsp3) is 0.500. The molecule has 2 aromatic heterocycles. The Hall–Kier alpha value is -1.91. The third kappa shape index (κ3) is 4.53. The van der Waals surface area contributed by atoms with Gasteiger partial charge < -0.3 is 4.74 Å². The number of halogens is 2. The Morgan fingerprint density at radius 3 is 2.31 bits per heavy atom. The lowest BCUT2D eigenvalue weighted by Gasteiger charge is -2.32. The number of fused-ring (bicyclic) bond motifs is 1. The van der Waals surface area contributed by atoms with Crippen molar-refractivity contribution in [3.05, 3.63) is 57.5 Å². The fourth-order valence-corrected chi connectivity index (χ4v) is 6.73. The number of nitrogens with zero attached hydrogens (tertiary/aromatic N) is 4. The first kappa shape index (κ1) is 23.5. The van der Waals surface area contributed by atoms with Crippen molar-refractivity contribution >= 4 is 38.9 Å². The highest BCUT2D eigenvalue weighted by Crippen LogP contribution is 2.51. The summed E-state index contributed by atoms with van der Waals surface area (Å²) >= 11 is 12.2. The van der Waals surface area contributed by atoms with Gasteiger partial charge in [-0.2, -0.15) is 0 Å². The summed E-state index contributed by atoms with van der Waals surface area (Å²) in [4.78, 5) is 2.44. The van der Waals surface area contributed by atoms with Gasteiger partial charge in [0.2, 0.25) is 10.0 Å². The second kappa shape index (κ2) is 8.59. The van der Waals surface area contributed by atoms with Gasteiger partial charge in [-0.05, 0) is 79.8 Å². The zero-order chi connectivity index (χ0) is 24.4. The van der Waals surface area contributed by atoms with E-state index in [1.807, 2.05) is 4.40 Å². The minimum atomic E-state index is -3.75. The highest BCUT2D eigenvalue weighted by atomic mass is 35.5. The molecule has 1 saturated heterocycles. The van der Waals surface area contributed by atoms with Crippen LogP contribution in [0.3, 0.4) is 0 Å². The molecule has 186 valence electrons. The summed E-state index contributed by atoms with van der Waals surface area (Å²) in [5, 5.41) is 15.3. The van der Waals surface area contributed by atoms with Gasteiger partial charge in [-0.1, -0.05) is 23.2 Å². The van der Waals surface area contributed by atoms with Gasteiger partial charge in [0.25, 0.3) is 0 Å². The Labute approximate surface area is 214 Å². The van der Waals surface area contributed by atoms with Crippen LogP contribution >= 0.6 is 23.2 Å². The van der Waals surface area contributed by atoms with E-state index in [1.165, 1.54) is 11.1 Å². The number of aromatic nitrogens is 3. The smallest absolute Gasteiger partial charge is 0.222 e.